The van der Waals surface area contributed by atoms with E-state index < -0.39 is 6.57 Å². The molecular formula is C15H36NO2PS. The smallest absolute Gasteiger partial charge is 0.254 e. The molecule has 124 valence electrons. The van der Waals surface area contributed by atoms with Crippen LogP contribution in [0.3, 0.4) is 0 Å². The lowest BCUT2D eigenvalue weighted by Crippen LogP contribution is -2.38. The highest BCUT2D eigenvalue weighted by Crippen LogP contribution is 2.55. The van der Waals surface area contributed by atoms with E-state index in [1.54, 1.807) is 6.66 Å². The highest BCUT2D eigenvalue weighted by Gasteiger charge is 2.18. The molecule has 0 rings (SSSR count). The summed E-state index contributed by atoms with van der Waals surface area (Å²) in [6, 6.07) is 1.06. The summed E-state index contributed by atoms with van der Waals surface area (Å²) < 4.78 is 17.1. The number of rotatable bonds is 9. The largest absolute Gasteiger partial charge is 0.322 e. The summed E-state index contributed by atoms with van der Waals surface area (Å²) in [5.41, 5.74) is 0. The van der Waals surface area contributed by atoms with E-state index in [9.17, 15) is 4.57 Å². The maximum Gasteiger partial charge on any atom is 0.254 e. The first kappa shape index (κ1) is 22.8. The zero-order valence-corrected chi connectivity index (χ0v) is 16.5. The lowest BCUT2D eigenvalue weighted by Gasteiger charge is -2.30. The second-order valence-electron chi connectivity index (χ2n) is 5.45. The fourth-order valence-electron chi connectivity index (χ4n) is 1.70. The van der Waals surface area contributed by atoms with Crippen LogP contribution in [-0.4, -0.2) is 42.6 Å². The van der Waals surface area contributed by atoms with Gasteiger partial charge in [0, 0.05) is 31.0 Å². The average Bonchev–Trinajstić information content (AvgIpc) is 2.33. The van der Waals surface area contributed by atoms with Gasteiger partial charge in [0.05, 0.1) is 6.61 Å². The zero-order chi connectivity index (χ0) is 16.2. The minimum Gasteiger partial charge on any atom is -0.322 e. The standard InChI is InChI=1S/C11H26NO2PS.C4H10/c1-7-14-15(6,13)16-9-8-12(10(2)3)11(4)5;1-3-4-2/h10-11H,7-9H2,1-6H3;3-4H2,1-2H3. The van der Waals surface area contributed by atoms with Gasteiger partial charge in [-0.2, -0.15) is 0 Å². The average molecular weight is 325 g/mol. The predicted molar refractivity (Wildman–Crippen MR) is 95.2 cm³/mol. The van der Waals surface area contributed by atoms with Crippen LogP contribution in [0.2, 0.25) is 0 Å². The molecule has 0 saturated carbocycles. The van der Waals surface area contributed by atoms with Crippen LogP contribution in [0.5, 0.6) is 0 Å². The van der Waals surface area contributed by atoms with E-state index >= 15 is 0 Å². The van der Waals surface area contributed by atoms with Crippen molar-refractivity contribution < 1.29 is 9.09 Å². The molecule has 0 heterocycles. The van der Waals surface area contributed by atoms with Crippen molar-refractivity contribution in [1.29, 1.82) is 0 Å². The minimum absolute atomic E-state index is 0.527. The highest BCUT2D eigenvalue weighted by molar-refractivity contribution is 8.56. The molecule has 0 bridgehead atoms. The van der Waals surface area contributed by atoms with E-state index in [1.807, 2.05) is 6.92 Å². The van der Waals surface area contributed by atoms with Crippen LogP contribution in [-0.2, 0) is 9.09 Å². The first-order valence-electron chi connectivity index (χ1n) is 7.84. The van der Waals surface area contributed by atoms with E-state index in [2.05, 4.69) is 46.4 Å². The Labute approximate surface area is 131 Å². The summed E-state index contributed by atoms with van der Waals surface area (Å²) in [6.07, 6.45) is 2.64. The molecular weight excluding hydrogens is 289 g/mol. The van der Waals surface area contributed by atoms with E-state index in [0.717, 1.165) is 12.3 Å². The van der Waals surface area contributed by atoms with Gasteiger partial charge in [0.1, 0.15) is 0 Å². The van der Waals surface area contributed by atoms with Crippen molar-refractivity contribution in [2.24, 2.45) is 0 Å². The van der Waals surface area contributed by atoms with Gasteiger partial charge in [-0.05, 0) is 34.6 Å². The molecule has 0 amide bonds. The highest BCUT2D eigenvalue weighted by atomic mass is 32.7. The number of nitrogens with zero attached hydrogens (tertiary/aromatic N) is 1. The van der Waals surface area contributed by atoms with Crippen molar-refractivity contribution in [2.75, 3.05) is 25.6 Å². The summed E-state index contributed by atoms with van der Waals surface area (Å²) in [6.45, 7) is 15.8. The van der Waals surface area contributed by atoms with E-state index in [1.165, 1.54) is 24.2 Å². The van der Waals surface area contributed by atoms with Gasteiger partial charge in [-0.3, -0.25) is 9.46 Å². The molecule has 5 heteroatoms. The Kier molecular flexibility index (Phi) is 15.0. The molecule has 1 unspecified atom stereocenters. The van der Waals surface area contributed by atoms with Crippen molar-refractivity contribution in [3.05, 3.63) is 0 Å². The number of hydrogen-bond acceptors (Lipinski definition) is 4. The second kappa shape index (κ2) is 13.2. The molecule has 0 saturated heterocycles. The quantitative estimate of drug-likeness (QED) is 0.523. The maximum atomic E-state index is 11.9. The van der Waals surface area contributed by atoms with Gasteiger partial charge in [0.25, 0.3) is 6.57 Å². The normalized spacial score (nSPS) is 14.3. The van der Waals surface area contributed by atoms with Gasteiger partial charge in [-0.25, -0.2) is 0 Å². The molecule has 0 aliphatic carbocycles. The van der Waals surface area contributed by atoms with Crippen LogP contribution in [0.15, 0.2) is 0 Å². The van der Waals surface area contributed by atoms with Crippen LogP contribution >= 0.6 is 18.0 Å². The second-order valence-corrected chi connectivity index (χ2v) is 10.7. The van der Waals surface area contributed by atoms with Crippen LogP contribution in [0.4, 0.5) is 0 Å². The molecule has 20 heavy (non-hydrogen) atoms. The lowest BCUT2D eigenvalue weighted by molar-refractivity contribution is 0.187. The van der Waals surface area contributed by atoms with E-state index in [0.29, 0.717) is 18.7 Å². The molecule has 0 aliphatic heterocycles. The Morgan fingerprint density at radius 2 is 1.50 bits per heavy atom. The molecule has 1 atom stereocenters. The van der Waals surface area contributed by atoms with Crippen molar-refractivity contribution >= 4 is 18.0 Å². The van der Waals surface area contributed by atoms with Crippen LogP contribution in [0.1, 0.15) is 61.3 Å². The fourth-order valence-corrected chi connectivity index (χ4v) is 4.64. The van der Waals surface area contributed by atoms with E-state index in [4.69, 9.17) is 4.52 Å². The third-order valence-electron chi connectivity index (χ3n) is 2.87. The van der Waals surface area contributed by atoms with Gasteiger partial charge in [-0.15, -0.1) is 0 Å². The van der Waals surface area contributed by atoms with Gasteiger partial charge in [0.15, 0.2) is 0 Å². The van der Waals surface area contributed by atoms with E-state index in [-0.39, 0.29) is 0 Å². The van der Waals surface area contributed by atoms with Gasteiger partial charge in [-0.1, -0.05) is 38.1 Å². The lowest BCUT2D eigenvalue weighted by atomic mass is 10.2. The van der Waals surface area contributed by atoms with Crippen molar-refractivity contribution in [2.45, 2.75) is 73.4 Å². The molecule has 0 radical (unpaired) electrons. The Bertz CT molecular complexity index is 250. The Balaban J connectivity index is 0. The third-order valence-corrected chi connectivity index (χ3v) is 6.70. The Morgan fingerprint density at radius 3 is 1.80 bits per heavy atom. The van der Waals surface area contributed by atoms with Crippen LogP contribution in [0.25, 0.3) is 0 Å². The minimum atomic E-state index is -2.42. The van der Waals surface area contributed by atoms with Gasteiger partial charge in [0.2, 0.25) is 0 Å². The number of unbranched alkanes of at least 4 members (excludes halogenated alkanes) is 1. The van der Waals surface area contributed by atoms with Crippen molar-refractivity contribution in [3.63, 3.8) is 0 Å². The summed E-state index contributed by atoms with van der Waals surface area (Å²) in [5, 5.41) is 0. The predicted octanol–water partition coefficient (Wildman–Crippen LogP) is 5.50. The first-order chi connectivity index (χ1) is 9.21. The van der Waals surface area contributed by atoms with Crippen LogP contribution in [0, 0.1) is 0 Å². The molecule has 3 nitrogen and oxygen atoms in total. The summed E-state index contributed by atoms with van der Waals surface area (Å²) in [7, 11) is 0. The SMILES string of the molecule is CCCC.CCOP(C)(=O)SCCN(C(C)C)C(C)C. The third kappa shape index (κ3) is 13.5. The number of hydrogen-bond donors (Lipinski definition) is 0. The topological polar surface area (TPSA) is 29.5 Å². The molecule has 0 aromatic rings. The monoisotopic (exact) mass is 325 g/mol. The molecule has 0 spiro atoms. The Hall–Kier alpha value is 0.500. The summed E-state index contributed by atoms with van der Waals surface area (Å²) in [5.74, 6) is 0.865. The van der Waals surface area contributed by atoms with Crippen LogP contribution < -0.4 is 0 Å². The maximum absolute atomic E-state index is 11.9. The summed E-state index contributed by atoms with van der Waals surface area (Å²) >= 11 is 1.46. The molecule has 0 aliphatic rings. The Morgan fingerprint density at radius 1 is 1.05 bits per heavy atom. The molecule has 0 aromatic heterocycles. The van der Waals surface area contributed by atoms with Crippen molar-refractivity contribution in [1.82, 2.24) is 4.90 Å². The van der Waals surface area contributed by atoms with Gasteiger partial charge >= 0.3 is 0 Å². The van der Waals surface area contributed by atoms with Crippen molar-refractivity contribution in [3.8, 4) is 0 Å². The summed E-state index contributed by atoms with van der Waals surface area (Å²) in [4.78, 5) is 2.40. The zero-order valence-electron chi connectivity index (χ0n) is 14.8. The molecule has 0 fully saturated rings. The first-order valence-corrected chi connectivity index (χ1v) is 11.5. The fraction of sp³-hybridized carbons (Fsp3) is 1.00. The molecule has 0 N–H and O–H groups in total. The molecule has 0 aromatic carbocycles. The van der Waals surface area contributed by atoms with Gasteiger partial charge < -0.3 is 4.52 Å².